The van der Waals surface area contributed by atoms with Crippen molar-refractivity contribution >= 4 is 35.0 Å². The highest BCUT2D eigenvalue weighted by Gasteiger charge is 2.12. The number of aryl methyl sites for hydroxylation is 1. The van der Waals surface area contributed by atoms with Crippen LogP contribution in [0.5, 0.6) is 0 Å². The van der Waals surface area contributed by atoms with E-state index in [-0.39, 0.29) is 18.0 Å². The highest BCUT2D eigenvalue weighted by Crippen LogP contribution is 2.20. The van der Waals surface area contributed by atoms with E-state index in [4.69, 9.17) is 4.74 Å². The minimum absolute atomic E-state index is 0.151. The van der Waals surface area contributed by atoms with E-state index in [1.807, 2.05) is 6.92 Å². The lowest BCUT2D eigenvalue weighted by atomic mass is 10.3. The molecule has 0 aliphatic rings. The molecule has 0 unspecified atom stereocenters. The first-order chi connectivity index (χ1) is 8.15. The first-order valence-electron chi connectivity index (χ1n) is 5.28. The Labute approximate surface area is 108 Å². The van der Waals surface area contributed by atoms with Crippen molar-refractivity contribution in [3.8, 4) is 0 Å². The predicted molar refractivity (Wildman–Crippen MR) is 66.3 cm³/mol. The molecule has 1 aromatic heterocycles. The Balaban J connectivity index is 2.30. The van der Waals surface area contributed by atoms with Crippen LogP contribution in [-0.4, -0.2) is 33.5 Å². The molecule has 0 atom stereocenters. The van der Waals surface area contributed by atoms with Gasteiger partial charge in [-0.25, -0.2) is 4.98 Å². The van der Waals surface area contributed by atoms with Crippen LogP contribution in [0.4, 0.5) is 0 Å². The maximum atomic E-state index is 11.4. The molecular formula is C10H14N2O3S2. The third kappa shape index (κ3) is 5.27. The van der Waals surface area contributed by atoms with Crippen molar-refractivity contribution < 1.29 is 14.3 Å². The Morgan fingerprint density at radius 1 is 1.41 bits per heavy atom. The first kappa shape index (κ1) is 14.1. The lowest BCUT2D eigenvalue weighted by Gasteiger charge is -1.99. The molecule has 0 amide bonds. The van der Waals surface area contributed by atoms with Gasteiger partial charge in [-0.3, -0.25) is 9.59 Å². The number of ether oxygens (including phenoxy) is 1. The van der Waals surface area contributed by atoms with Crippen molar-refractivity contribution in [1.29, 1.82) is 0 Å². The third-order valence-electron chi connectivity index (χ3n) is 1.77. The van der Waals surface area contributed by atoms with E-state index in [0.29, 0.717) is 6.61 Å². The third-order valence-corrected chi connectivity index (χ3v) is 3.70. The molecule has 5 nitrogen and oxygen atoms in total. The normalized spacial score (nSPS) is 10.2. The summed E-state index contributed by atoms with van der Waals surface area (Å²) >= 11 is 2.59. The van der Waals surface area contributed by atoms with Crippen molar-refractivity contribution in [2.75, 3.05) is 12.4 Å². The monoisotopic (exact) mass is 274 g/mol. The Bertz CT molecular complexity index is 393. The van der Waals surface area contributed by atoms with Crippen LogP contribution in [-0.2, 0) is 20.7 Å². The van der Waals surface area contributed by atoms with E-state index in [1.165, 1.54) is 23.3 Å². The van der Waals surface area contributed by atoms with Gasteiger partial charge in [-0.1, -0.05) is 18.7 Å². The zero-order valence-electron chi connectivity index (χ0n) is 9.76. The molecule has 17 heavy (non-hydrogen) atoms. The van der Waals surface area contributed by atoms with E-state index in [2.05, 4.69) is 9.36 Å². The van der Waals surface area contributed by atoms with Crippen LogP contribution >= 0.6 is 23.3 Å². The van der Waals surface area contributed by atoms with Crippen molar-refractivity contribution in [3.05, 3.63) is 5.82 Å². The SMILES string of the molecule is CCOC(=O)CC(=O)CSc1nc(CC)ns1. The molecule has 7 heteroatoms. The Kier molecular flexibility index (Phi) is 6.13. The molecule has 0 spiro atoms. The van der Waals surface area contributed by atoms with Crippen LogP contribution in [0.15, 0.2) is 4.34 Å². The van der Waals surface area contributed by atoms with Crippen LogP contribution in [0.25, 0.3) is 0 Å². The smallest absolute Gasteiger partial charge is 0.313 e. The van der Waals surface area contributed by atoms with Crippen LogP contribution < -0.4 is 0 Å². The van der Waals surface area contributed by atoms with Crippen LogP contribution in [0.3, 0.4) is 0 Å². The number of nitrogens with zero attached hydrogens (tertiary/aromatic N) is 2. The molecule has 0 fully saturated rings. The maximum Gasteiger partial charge on any atom is 0.313 e. The number of aromatic nitrogens is 2. The number of carbonyl (C=O) groups excluding carboxylic acids is 2. The molecule has 94 valence electrons. The van der Waals surface area contributed by atoms with Gasteiger partial charge in [0.1, 0.15) is 12.2 Å². The largest absolute Gasteiger partial charge is 0.466 e. The fourth-order valence-electron chi connectivity index (χ4n) is 1.01. The van der Waals surface area contributed by atoms with E-state index in [0.717, 1.165) is 16.6 Å². The number of carbonyl (C=O) groups is 2. The van der Waals surface area contributed by atoms with Gasteiger partial charge in [-0.15, -0.1) is 0 Å². The van der Waals surface area contributed by atoms with Crippen molar-refractivity contribution in [3.63, 3.8) is 0 Å². The van der Waals surface area contributed by atoms with E-state index in [9.17, 15) is 9.59 Å². The van der Waals surface area contributed by atoms with Gasteiger partial charge < -0.3 is 4.74 Å². The average molecular weight is 274 g/mol. The lowest BCUT2D eigenvalue weighted by molar-refractivity contribution is -0.145. The van der Waals surface area contributed by atoms with Gasteiger partial charge in [0.15, 0.2) is 10.1 Å². The molecule has 1 rings (SSSR count). The number of thioether (sulfide) groups is 1. The number of ketones is 1. The molecule has 1 heterocycles. The van der Waals surface area contributed by atoms with Gasteiger partial charge in [0.25, 0.3) is 0 Å². The fourth-order valence-corrected chi connectivity index (χ4v) is 2.56. The highest BCUT2D eigenvalue weighted by atomic mass is 32.2. The average Bonchev–Trinajstić information content (AvgIpc) is 2.74. The van der Waals surface area contributed by atoms with Gasteiger partial charge in [-0.2, -0.15) is 4.37 Å². The van der Waals surface area contributed by atoms with Gasteiger partial charge in [0.05, 0.1) is 12.4 Å². The molecule has 0 radical (unpaired) electrons. The second kappa shape index (κ2) is 7.39. The number of rotatable bonds is 7. The van der Waals surface area contributed by atoms with E-state index >= 15 is 0 Å². The molecule has 0 aromatic carbocycles. The number of hydrogen-bond donors (Lipinski definition) is 0. The zero-order valence-corrected chi connectivity index (χ0v) is 11.4. The van der Waals surface area contributed by atoms with Gasteiger partial charge in [0, 0.05) is 6.42 Å². The van der Waals surface area contributed by atoms with Gasteiger partial charge in [-0.05, 0) is 18.5 Å². The second-order valence-corrected chi connectivity index (χ2v) is 5.11. The Hall–Kier alpha value is -0.950. The van der Waals surface area contributed by atoms with E-state index in [1.54, 1.807) is 6.92 Å². The minimum Gasteiger partial charge on any atom is -0.466 e. The molecule has 0 saturated carbocycles. The Morgan fingerprint density at radius 2 is 2.18 bits per heavy atom. The topological polar surface area (TPSA) is 69.2 Å². The second-order valence-electron chi connectivity index (χ2n) is 3.14. The Morgan fingerprint density at radius 3 is 2.76 bits per heavy atom. The summed E-state index contributed by atoms with van der Waals surface area (Å²) in [5, 5.41) is 0. The van der Waals surface area contributed by atoms with Crippen molar-refractivity contribution in [1.82, 2.24) is 9.36 Å². The van der Waals surface area contributed by atoms with Crippen LogP contribution in [0.2, 0.25) is 0 Å². The lowest BCUT2D eigenvalue weighted by Crippen LogP contribution is -2.12. The molecule has 0 aliphatic carbocycles. The van der Waals surface area contributed by atoms with E-state index < -0.39 is 5.97 Å². The summed E-state index contributed by atoms with van der Waals surface area (Å²) in [5.41, 5.74) is 0. The molecule has 0 N–H and O–H groups in total. The maximum absolute atomic E-state index is 11.4. The summed E-state index contributed by atoms with van der Waals surface area (Å²) in [6, 6.07) is 0. The molecule has 1 aromatic rings. The summed E-state index contributed by atoms with van der Waals surface area (Å²) in [7, 11) is 0. The predicted octanol–water partition coefficient (Wildman–Crippen LogP) is 1.71. The van der Waals surface area contributed by atoms with Gasteiger partial charge in [0.2, 0.25) is 0 Å². The first-order valence-corrected chi connectivity index (χ1v) is 7.04. The summed E-state index contributed by atoms with van der Waals surface area (Å²) < 4.78 is 9.56. The highest BCUT2D eigenvalue weighted by molar-refractivity contribution is 8.01. The summed E-state index contributed by atoms with van der Waals surface area (Å²) in [5.74, 6) is 0.401. The number of Topliss-reactive ketones (excluding diaryl/α,β-unsaturated/α-hetero) is 1. The number of hydrogen-bond acceptors (Lipinski definition) is 7. The molecule has 0 aliphatic heterocycles. The zero-order chi connectivity index (χ0) is 12.7. The quantitative estimate of drug-likeness (QED) is 0.428. The number of esters is 1. The van der Waals surface area contributed by atoms with Crippen molar-refractivity contribution in [2.24, 2.45) is 0 Å². The van der Waals surface area contributed by atoms with Crippen LogP contribution in [0, 0.1) is 0 Å². The minimum atomic E-state index is -0.468. The molecule has 0 saturated heterocycles. The summed E-state index contributed by atoms with van der Waals surface area (Å²) in [6.45, 7) is 3.99. The standard InChI is InChI=1S/C10H14N2O3S2/c1-3-8-11-10(17-12-8)16-6-7(13)5-9(14)15-4-2/h3-6H2,1-2H3. The van der Waals surface area contributed by atoms with Crippen molar-refractivity contribution in [2.45, 2.75) is 31.0 Å². The fraction of sp³-hybridized carbons (Fsp3) is 0.600. The molecule has 0 bridgehead atoms. The summed E-state index contributed by atoms with van der Waals surface area (Å²) in [6.07, 6.45) is 0.619. The summed E-state index contributed by atoms with van der Waals surface area (Å²) in [4.78, 5) is 26.7. The molecular weight excluding hydrogens is 260 g/mol. The van der Waals surface area contributed by atoms with Crippen LogP contribution in [0.1, 0.15) is 26.1 Å². The van der Waals surface area contributed by atoms with Gasteiger partial charge >= 0.3 is 5.97 Å².